The molecule has 0 radical (unpaired) electrons. The molecular formula is C28H37N3O4S. The highest BCUT2D eigenvalue weighted by Gasteiger charge is 2.74. The van der Waals surface area contributed by atoms with Gasteiger partial charge in [0.15, 0.2) is 0 Å². The van der Waals surface area contributed by atoms with Gasteiger partial charge in [-0.15, -0.1) is 24.9 Å². The predicted octanol–water partition coefficient (Wildman–Crippen LogP) is 2.71. The number of hydrogen-bond acceptors (Lipinski definition) is 5. The Kier molecular flexibility index (Phi) is 7.95. The molecule has 8 heteroatoms. The van der Waals surface area contributed by atoms with E-state index in [1.165, 1.54) is 0 Å². The van der Waals surface area contributed by atoms with Crippen molar-refractivity contribution in [1.82, 2.24) is 14.7 Å². The van der Waals surface area contributed by atoms with Crippen LogP contribution in [0, 0.1) is 11.8 Å². The Balaban J connectivity index is 1.69. The van der Waals surface area contributed by atoms with Gasteiger partial charge in [-0.25, -0.2) is 0 Å². The van der Waals surface area contributed by atoms with Crippen molar-refractivity contribution in [1.29, 1.82) is 0 Å². The lowest BCUT2D eigenvalue weighted by atomic mass is 9.70. The lowest BCUT2D eigenvalue weighted by Gasteiger charge is -2.38. The van der Waals surface area contributed by atoms with Crippen molar-refractivity contribution in [2.75, 3.05) is 26.2 Å². The van der Waals surface area contributed by atoms with Gasteiger partial charge in [0.2, 0.25) is 17.7 Å². The summed E-state index contributed by atoms with van der Waals surface area (Å²) in [6.45, 7) is 12.6. The summed E-state index contributed by atoms with van der Waals surface area (Å²) >= 11 is 1.65. The topological polar surface area (TPSA) is 81.2 Å². The lowest BCUT2D eigenvalue weighted by molar-refractivity contribution is -0.145. The van der Waals surface area contributed by atoms with E-state index in [2.05, 4.69) is 13.2 Å². The number of aliphatic hydroxyl groups is 1. The Hall–Kier alpha value is -2.58. The molecule has 3 fully saturated rings. The summed E-state index contributed by atoms with van der Waals surface area (Å²) < 4.78 is -0.658. The first-order valence-electron chi connectivity index (χ1n) is 12.7. The zero-order valence-corrected chi connectivity index (χ0v) is 22.0. The first-order chi connectivity index (χ1) is 17.3. The first-order valence-corrected chi connectivity index (χ1v) is 13.6. The van der Waals surface area contributed by atoms with Gasteiger partial charge in [0.25, 0.3) is 0 Å². The molecule has 4 rings (SSSR count). The van der Waals surface area contributed by atoms with E-state index in [1.807, 2.05) is 44.2 Å². The van der Waals surface area contributed by atoms with Crippen LogP contribution in [0.5, 0.6) is 0 Å². The van der Waals surface area contributed by atoms with E-state index in [4.69, 9.17) is 0 Å². The van der Waals surface area contributed by atoms with Crippen LogP contribution in [0.15, 0.2) is 55.6 Å². The van der Waals surface area contributed by atoms with Crippen LogP contribution >= 0.6 is 11.8 Å². The van der Waals surface area contributed by atoms with E-state index in [0.29, 0.717) is 26.1 Å². The molecule has 0 aromatic heterocycles. The van der Waals surface area contributed by atoms with Crippen molar-refractivity contribution < 1.29 is 19.5 Å². The molecule has 5 atom stereocenters. The van der Waals surface area contributed by atoms with Crippen molar-refractivity contribution in [3.05, 3.63) is 61.2 Å². The van der Waals surface area contributed by atoms with Crippen molar-refractivity contribution in [2.24, 2.45) is 11.8 Å². The number of benzene rings is 1. The molecule has 3 heterocycles. The average molecular weight is 512 g/mol. The third kappa shape index (κ3) is 4.39. The van der Waals surface area contributed by atoms with E-state index in [0.717, 1.165) is 12.0 Å². The predicted molar refractivity (Wildman–Crippen MR) is 142 cm³/mol. The number of amides is 3. The second-order valence-corrected chi connectivity index (χ2v) is 11.8. The number of hydrogen-bond donors (Lipinski definition) is 1. The molecule has 3 saturated heterocycles. The van der Waals surface area contributed by atoms with Crippen LogP contribution in [0.1, 0.15) is 32.3 Å². The smallest absolute Gasteiger partial charge is 0.247 e. The minimum atomic E-state index is -0.695. The Morgan fingerprint density at radius 1 is 1.19 bits per heavy atom. The van der Waals surface area contributed by atoms with Crippen molar-refractivity contribution in [2.45, 2.75) is 55.3 Å². The normalized spacial score (nSPS) is 28.3. The van der Waals surface area contributed by atoms with E-state index in [1.54, 1.807) is 38.6 Å². The third-order valence-corrected chi connectivity index (χ3v) is 9.72. The third-order valence-electron chi connectivity index (χ3n) is 7.77. The van der Waals surface area contributed by atoms with Gasteiger partial charge in [-0.1, -0.05) is 42.5 Å². The fraction of sp³-hybridized carbons (Fsp3) is 0.536. The highest BCUT2D eigenvalue weighted by atomic mass is 32.2. The maximum atomic E-state index is 14.0. The summed E-state index contributed by atoms with van der Waals surface area (Å²) in [6.07, 6.45) is 4.91. The van der Waals surface area contributed by atoms with Crippen LogP contribution < -0.4 is 0 Å². The number of fused-ring (bicyclic) bond motifs is 1. The molecule has 36 heavy (non-hydrogen) atoms. The number of rotatable bonds is 11. The number of nitrogens with zero attached hydrogens (tertiary/aromatic N) is 3. The van der Waals surface area contributed by atoms with Gasteiger partial charge in [0.05, 0.1) is 23.2 Å². The highest BCUT2D eigenvalue weighted by molar-refractivity contribution is 8.02. The first kappa shape index (κ1) is 26.5. The molecule has 1 aromatic carbocycles. The molecule has 0 saturated carbocycles. The number of carbonyl (C=O) groups excluding carboxylic acids is 3. The number of likely N-dealkylation sites (tertiary alicyclic amines) is 1. The van der Waals surface area contributed by atoms with Gasteiger partial charge in [0, 0.05) is 37.5 Å². The summed E-state index contributed by atoms with van der Waals surface area (Å²) in [7, 11) is 0. The van der Waals surface area contributed by atoms with Gasteiger partial charge < -0.3 is 19.8 Å². The highest BCUT2D eigenvalue weighted by Crippen LogP contribution is 2.66. The van der Waals surface area contributed by atoms with Gasteiger partial charge in [-0.2, -0.15) is 0 Å². The van der Waals surface area contributed by atoms with Crippen molar-refractivity contribution in [3.8, 4) is 0 Å². The van der Waals surface area contributed by atoms with E-state index < -0.39 is 22.6 Å². The second-order valence-electron chi connectivity index (χ2n) is 10.2. The summed E-state index contributed by atoms with van der Waals surface area (Å²) in [5, 5.41) is 9.79. The van der Waals surface area contributed by atoms with Crippen molar-refractivity contribution in [3.63, 3.8) is 0 Å². The number of aliphatic hydroxyl groups excluding tert-OH is 1. The quantitative estimate of drug-likeness (QED) is 0.462. The molecule has 3 aliphatic heterocycles. The zero-order valence-electron chi connectivity index (χ0n) is 21.2. The van der Waals surface area contributed by atoms with E-state index in [-0.39, 0.29) is 42.2 Å². The fourth-order valence-corrected chi connectivity index (χ4v) is 8.52. The Morgan fingerprint density at radius 3 is 2.50 bits per heavy atom. The molecule has 1 N–H and O–H groups in total. The summed E-state index contributed by atoms with van der Waals surface area (Å²) in [5.41, 5.74) is 1.02. The number of β-amino-alcohol motifs (C(OH)–C–C–N with tert-alkyl or cyclic N) is 1. The Labute approximate surface area is 218 Å². The summed E-state index contributed by atoms with van der Waals surface area (Å²) in [4.78, 5) is 47.0. The molecule has 2 bridgehead atoms. The molecule has 194 valence electrons. The van der Waals surface area contributed by atoms with Gasteiger partial charge in [-0.05, 0) is 32.3 Å². The van der Waals surface area contributed by atoms with Gasteiger partial charge in [0.1, 0.15) is 6.04 Å². The van der Waals surface area contributed by atoms with E-state index >= 15 is 0 Å². The fourth-order valence-electron chi connectivity index (χ4n) is 6.32. The molecule has 1 aromatic rings. The molecule has 0 aliphatic carbocycles. The average Bonchev–Trinajstić information content (AvgIpc) is 3.50. The Morgan fingerprint density at radius 2 is 1.89 bits per heavy atom. The minimum absolute atomic E-state index is 0.00646. The minimum Gasteiger partial charge on any atom is -0.395 e. The molecule has 2 unspecified atom stereocenters. The molecular weight excluding hydrogens is 474 g/mol. The van der Waals surface area contributed by atoms with Crippen LogP contribution in [0.4, 0.5) is 0 Å². The van der Waals surface area contributed by atoms with Crippen LogP contribution in [0.3, 0.4) is 0 Å². The van der Waals surface area contributed by atoms with E-state index in [9.17, 15) is 19.5 Å². The SMILES string of the molecule is C=CCN(Cc1ccccc1)C(=O)[C@@H]1[C@@H]2CCC3(S2)C(C(=O)N(CC=C)C(C)C)N(CCO)C(=O)[C@H]13. The van der Waals surface area contributed by atoms with Crippen LogP contribution in [0.25, 0.3) is 0 Å². The molecule has 1 spiro atoms. The van der Waals surface area contributed by atoms with Gasteiger partial charge >= 0.3 is 0 Å². The Bertz CT molecular complexity index is 1020. The second kappa shape index (κ2) is 10.8. The maximum Gasteiger partial charge on any atom is 0.247 e. The van der Waals surface area contributed by atoms with Crippen LogP contribution in [-0.4, -0.2) is 85.8 Å². The number of carbonyl (C=O) groups is 3. The van der Waals surface area contributed by atoms with Crippen molar-refractivity contribution >= 4 is 29.5 Å². The summed E-state index contributed by atoms with van der Waals surface area (Å²) in [5.74, 6) is -1.43. The zero-order chi connectivity index (χ0) is 26.0. The lowest BCUT2D eigenvalue weighted by Crippen LogP contribution is -2.56. The molecule has 3 aliphatic rings. The van der Waals surface area contributed by atoms with Crippen LogP contribution in [-0.2, 0) is 20.9 Å². The largest absolute Gasteiger partial charge is 0.395 e. The summed E-state index contributed by atoms with van der Waals surface area (Å²) in [6, 6.07) is 9.04. The van der Waals surface area contributed by atoms with Crippen LogP contribution in [0.2, 0.25) is 0 Å². The molecule has 3 amide bonds. The maximum absolute atomic E-state index is 14.0. The monoisotopic (exact) mass is 511 g/mol. The number of thioether (sulfide) groups is 1. The standard InChI is InChI=1S/C28H37N3O4S/c1-5-14-29(18-20-10-8-7-9-11-20)25(33)22-21-12-13-28(36-21)23(22)26(34)31(16-17-32)24(28)27(35)30(15-6-2)19(3)4/h5-11,19,21-24,32H,1-2,12-18H2,3-4H3/t21-,22+,23-,24?,28?/m0/s1. The van der Waals surface area contributed by atoms with Gasteiger partial charge in [-0.3, -0.25) is 14.4 Å². The molecule has 7 nitrogen and oxygen atoms in total.